The lowest BCUT2D eigenvalue weighted by molar-refractivity contribution is 0.375. The van der Waals surface area contributed by atoms with Crippen LogP contribution in [-0.4, -0.2) is 17.1 Å². The van der Waals surface area contributed by atoms with Gasteiger partial charge in [-0.25, -0.2) is 0 Å². The third-order valence-electron chi connectivity index (χ3n) is 1.71. The predicted molar refractivity (Wildman–Crippen MR) is 57.5 cm³/mol. The average Bonchev–Trinajstić information content (AvgIpc) is 2.11. The Hall–Kier alpha value is -0.603. The highest BCUT2D eigenvalue weighted by molar-refractivity contribution is 5.97. The number of hydrogen-bond acceptors (Lipinski definition) is 1. The molecular formula is C10H18OSi. The molecule has 0 heterocycles. The summed E-state index contributed by atoms with van der Waals surface area (Å²) in [5, 5.41) is 0. The molecule has 0 N–H and O–H groups in total. The molecule has 1 rings (SSSR count). The highest BCUT2D eigenvalue weighted by Crippen LogP contribution is 2.02. The zero-order valence-electron chi connectivity index (χ0n) is 8.42. The molecule has 0 unspecified atom stereocenters. The molecule has 1 nitrogen and oxygen atoms in total. The van der Waals surface area contributed by atoms with Gasteiger partial charge in [-0.1, -0.05) is 24.3 Å². The lowest BCUT2D eigenvalue weighted by Gasteiger charge is -1.93. The second-order valence-corrected chi connectivity index (χ2v) is 3.24. The molecule has 2 heteroatoms. The van der Waals surface area contributed by atoms with Gasteiger partial charge in [0.2, 0.25) is 0 Å². The number of aryl methyl sites for hydroxylation is 2. The van der Waals surface area contributed by atoms with Gasteiger partial charge in [0, 0.05) is 6.61 Å². The second kappa shape index (κ2) is 7.07. The smallest absolute Gasteiger partial charge is 0.145 e. The van der Waals surface area contributed by atoms with Crippen molar-refractivity contribution < 1.29 is 4.43 Å². The van der Waals surface area contributed by atoms with Gasteiger partial charge in [0.1, 0.15) is 10.5 Å². The van der Waals surface area contributed by atoms with Crippen LogP contribution in [0.2, 0.25) is 0 Å². The Kier molecular flexibility index (Phi) is 6.71. The first-order valence-corrected chi connectivity index (χ1v) is 5.05. The highest BCUT2D eigenvalue weighted by Gasteiger charge is 1.83. The SMILES string of the molecule is CCO[SiH3].Cc1ccccc1C. The molecule has 0 aliphatic carbocycles. The zero-order chi connectivity index (χ0) is 9.40. The molecule has 0 saturated heterocycles. The normalized spacial score (nSPS) is 8.92. The third-order valence-corrected chi connectivity index (χ3v) is 2.29. The van der Waals surface area contributed by atoms with Gasteiger partial charge in [0.15, 0.2) is 0 Å². The van der Waals surface area contributed by atoms with Crippen LogP contribution in [-0.2, 0) is 4.43 Å². The molecule has 1 aromatic rings. The molecule has 0 aliphatic heterocycles. The molecular weight excluding hydrogens is 164 g/mol. The van der Waals surface area contributed by atoms with E-state index in [1.807, 2.05) is 6.92 Å². The van der Waals surface area contributed by atoms with Crippen LogP contribution in [0.15, 0.2) is 24.3 Å². The standard InChI is InChI=1S/C8H10.C2H8OSi/c1-7-5-3-4-6-8(7)2;1-2-3-4/h3-6H,1-2H3;2H2,1,4H3. The van der Waals surface area contributed by atoms with Gasteiger partial charge in [-0.3, -0.25) is 0 Å². The van der Waals surface area contributed by atoms with E-state index in [0.717, 1.165) is 17.1 Å². The van der Waals surface area contributed by atoms with Crippen LogP contribution < -0.4 is 0 Å². The molecule has 0 fully saturated rings. The fraction of sp³-hybridized carbons (Fsp3) is 0.400. The molecule has 0 amide bonds. The summed E-state index contributed by atoms with van der Waals surface area (Å²) < 4.78 is 4.68. The molecule has 12 heavy (non-hydrogen) atoms. The first kappa shape index (κ1) is 11.4. The van der Waals surface area contributed by atoms with E-state index in [-0.39, 0.29) is 0 Å². The Morgan fingerprint density at radius 2 is 1.50 bits per heavy atom. The largest absolute Gasteiger partial charge is 0.428 e. The quantitative estimate of drug-likeness (QED) is 0.600. The summed E-state index contributed by atoms with van der Waals surface area (Å²) in [5.41, 5.74) is 2.74. The molecule has 1 aromatic carbocycles. The summed E-state index contributed by atoms with van der Waals surface area (Å²) in [5.74, 6) is 0. The van der Waals surface area contributed by atoms with Crippen molar-refractivity contribution in [1.82, 2.24) is 0 Å². The Labute approximate surface area is 78.3 Å². The van der Waals surface area contributed by atoms with Crippen molar-refractivity contribution >= 4 is 10.5 Å². The molecule has 0 radical (unpaired) electrons. The zero-order valence-corrected chi connectivity index (χ0v) is 10.4. The Bertz CT molecular complexity index is 188. The minimum Gasteiger partial charge on any atom is -0.428 e. The van der Waals surface area contributed by atoms with Crippen molar-refractivity contribution in [1.29, 1.82) is 0 Å². The highest BCUT2D eigenvalue weighted by atomic mass is 28.2. The fourth-order valence-corrected chi connectivity index (χ4v) is 0.663. The topological polar surface area (TPSA) is 9.23 Å². The third kappa shape index (κ3) is 5.10. The summed E-state index contributed by atoms with van der Waals surface area (Å²) >= 11 is 0. The fourth-order valence-electron chi connectivity index (χ4n) is 0.663. The van der Waals surface area contributed by atoms with Gasteiger partial charge in [-0.2, -0.15) is 0 Å². The summed E-state index contributed by atoms with van der Waals surface area (Å²) in [6.07, 6.45) is 0. The van der Waals surface area contributed by atoms with Gasteiger partial charge in [-0.15, -0.1) is 0 Å². The van der Waals surface area contributed by atoms with E-state index in [9.17, 15) is 0 Å². The molecule has 0 atom stereocenters. The second-order valence-electron chi connectivity index (χ2n) is 2.66. The van der Waals surface area contributed by atoms with Crippen LogP contribution in [0.5, 0.6) is 0 Å². The maximum atomic E-state index is 4.68. The van der Waals surface area contributed by atoms with E-state index >= 15 is 0 Å². The molecule has 0 saturated carbocycles. The van der Waals surface area contributed by atoms with Crippen molar-refractivity contribution in [3.63, 3.8) is 0 Å². The molecule has 0 spiro atoms. The number of benzene rings is 1. The molecule has 0 bridgehead atoms. The van der Waals surface area contributed by atoms with Crippen LogP contribution in [0, 0.1) is 13.8 Å². The Morgan fingerprint density at radius 1 is 1.17 bits per heavy atom. The van der Waals surface area contributed by atoms with Crippen LogP contribution in [0.3, 0.4) is 0 Å². The van der Waals surface area contributed by atoms with Gasteiger partial charge in [0.25, 0.3) is 0 Å². The van der Waals surface area contributed by atoms with E-state index in [1.165, 1.54) is 11.1 Å². The molecule has 68 valence electrons. The minimum absolute atomic E-state index is 0.881. The maximum absolute atomic E-state index is 4.68. The monoisotopic (exact) mass is 182 g/mol. The van der Waals surface area contributed by atoms with Crippen LogP contribution in [0.1, 0.15) is 18.1 Å². The van der Waals surface area contributed by atoms with Crippen LogP contribution >= 0.6 is 0 Å². The van der Waals surface area contributed by atoms with E-state index in [0.29, 0.717) is 0 Å². The van der Waals surface area contributed by atoms with E-state index < -0.39 is 0 Å². The van der Waals surface area contributed by atoms with Crippen LogP contribution in [0.25, 0.3) is 0 Å². The summed E-state index contributed by atoms with van der Waals surface area (Å²) in [6, 6.07) is 8.36. The lowest BCUT2D eigenvalue weighted by atomic mass is 10.1. The summed E-state index contributed by atoms with van der Waals surface area (Å²) in [4.78, 5) is 0. The van der Waals surface area contributed by atoms with Crippen molar-refractivity contribution in [2.24, 2.45) is 0 Å². The first-order chi connectivity index (χ1) is 5.72. The van der Waals surface area contributed by atoms with Gasteiger partial charge < -0.3 is 4.43 Å². The summed E-state index contributed by atoms with van der Waals surface area (Å²) in [7, 11) is 0.890. The maximum Gasteiger partial charge on any atom is 0.145 e. The van der Waals surface area contributed by atoms with E-state index in [1.54, 1.807) is 0 Å². The van der Waals surface area contributed by atoms with Gasteiger partial charge in [0.05, 0.1) is 0 Å². The Balaban J connectivity index is 0.000000261. The van der Waals surface area contributed by atoms with Crippen LogP contribution in [0.4, 0.5) is 0 Å². The predicted octanol–water partition coefficient (Wildman–Crippen LogP) is 1.61. The number of rotatable bonds is 1. The van der Waals surface area contributed by atoms with Crippen molar-refractivity contribution in [3.8, 4) is 0 Å². The van der Waals surface area contributed by atoms with Crippen molar-refractivity contribution in [2.75, 3.05) is 6.61 Å². The van der Waals surface area contributed by atoms with E-state index in [4.69, 9.17) is 0 Å². The van der Waals surface area contributed by atoms with Gasteiger partial charge >= 0.3 is 0 Å². The van der Waals surface area contributed by atoms with Gasteiger partial charge in [-0.05, 0) is 31.9 Å². The minimum atomic E-state index is 0.881. The van der Waals surface area contributed by atoms with Crippen molar-refractivity contribution in [2.45, 2.75) is 20.8 Å². The molecule has 0 aliphatic rings. The molecule has 0 aromatic heterocycles. The van der Waals surface area contributed by atoms with Crippen molar-refractivity contribution in [3.05, 3.63) is 35.4 Å². The lowest BCUT2D eigenvalue weighted by Crippen LogP contribution is -1.76. The first-order valence-electron chi connectivity index (χ1n) is 4.23. The number of hydrogen-bond donors (Lipinski definition) is 0. The summed E-state index contributed by atoms with van der Waals surface area (Å²) in [6.45, 7) is 7.11. The Morgan fingerprint density at radius 3 is 1.67 bits per heavy atom. The average molecular weight is 182 g/mol. The van der Waals surface area contributed by atoms with E-state index in [2.05, 4.69) is 42.5 Å².